The van der Waals surface area contributed by atoms with E-state index in [1.54, 1.807) is 19.1 Å². The molecule has 1 atom stereocenters. The first-order valence-corrected chi connectivity index (χ1v) is 7.56. The van der Waals surface area contributed by atoms with Crippen molar-refractivity contribution in [3.63, 3.8) is 0 Å². The molecular weight excluding hydrogens is 280 g/mol. The Morgan fingerprint density at radius 2 is 2.00 bits per heavy atom. The number of rotatable bonds is 5. The quantitative estimate of drug-likeness (QED) is 0.847. The molecule has 0 aliphatic carbocycles. The maximum atomic E-state index is 11.2. The molecule has 0 aliphatic heterocycles. The third kappa shape index (κ3) is 3.62. The summed E-state index contributed by atoms with van der Waals surface area (Å²) in [7, 11) is -3.65. The van der Waals surface area contributed by atoms with Gasteiger partial charge in [-0.2, -0.15) is 4.98 Å². The van der Waals surface area contributed by atoms with Crippen LogP contribution in [0, 0.1) is 6.92 Å². The molecule has 108 valence electrons. The molecule has 0 spiro atoms. The van der Waals surface area contributed by atoms with Crippen LogP contribution in [-0.2, 0) is 16.6 Å². The van der Waals surface area contributed by atoms with Gasteiger partial charge in [0, 0.05) is 13.0 Å². The van der Waals surface area contributed by atoms with Gasteiger partial charge in [0.25, 0.3) is 0 Å². The standard InChI is InChI=1S/C12H16N4O3S/c1-8(14-7-12-15-9(2)19-16-12)10-3-5-11(6-4-10)20(13,17)18/h3-6,8,14H,7H2,1-2H3,(H2,13,17,18). The topological polar surface area (TPSA) is 111 Å². The third-order valence-electron chi connectivity index (χ3n) is 2.84. The van der Waals surface area contributed by atoms with Gasteiger partial charge in [0.1, 0.15) is 0 Å². The molecule has 0 amide bonds. The number of benzene rings is 1. The molecule has 0 aliphatic rings. The summed E-state index contributed by atoms with van der Waals surface area (Å²) in [6, 6.07) is 6.43. The molecule has 1 aromatic heterocycles. The molecule has 2 rings (SSSR count). The Labute approximate surface area is 117 Å². The average Bonchev–Trinajstić information content (AvgIpc) is 2.81. The highest BCUT2D eigenvalue weighted by atomic mass is 32.2. The molecule has 0 saturated carbocycles. The van der Waals surface area contributed by atoms with Crippen molar-refractivity contribution in [1.82, 2.24) is 15.5 Å². The fraction of sp³-hybridized carbons (Fsp3) is 0.333. The fourth-order valence-corrected chi connectivity index (χ4v) is 2.24. The van der Waals surface area contributed by atoms with E-state index in [0.29, 0.717) is 18.3 Å². The number of aromatic nitrogens is 2. The van der Waals surface area contributed by atoms with Crippen LogP contribution in [0.4, 0.5) is 0 Å². The molecular formula is C12H16N4O3S. The zero-order chi connectivity index (χ0) is 14.8. The van der Waals surface area contributed by atoms with E-state index in [4.69, 9.17) is 9.66 Å². The first kappa shape index (κ1) is 14.6. The Balaban J connectivity index is 2.00. The Morgan fingerprint density at radius 1 is 1.35 bits per heavy atom. The summed E-state index contributed by atoms with van der Waals surface area (Å²) in [5.74, 6) is 1.10. The summed E-state index contributed by atoms with van der Waals surface area (Å²) < 4.78 is 27.2. The number of hydrogen-bond donors (Lipinski definition) is 2. The van der Waals surface area contributed by atoms with Crippen molar-refractivity contribution in [2.45, 2.75) is 31.3 Å². The predicted molar refractivity (Wildman–Crippen MR) is 72.1 cm³/mol. The van der Waals surface area contributed by atoms with Crippen LogP contribution in [0.2, 0.25) is 0 Å². The zero-order valence-electron chi connectivity index (χ0n) is 11.2. The van der Waals surface area contributed by atoms with Gasteiger partial charge in [-0.1, -0.05) is 17.3 Å². The van der Waals surface area contributed by atoms with Crippen molar-refractivity contribution in [3.05, 3.63) is 41.5 Å². The number of primary sulfonamides is 1. The molecule has 1 aromatic carbocycles. The van der Waals surface area contributed by atoms with E-state index in [1.165, 1.54) is 12.1 Å². The summed E-state index contributed by atoms with van der Waals surface area (Å²) >= 11 is 0. The largest absolute Gasteiger partial charge is 0.340 e. The van der Waals surface area contributed by atoms with Crippen LogP contribution in [0.15, 0.2) is 33.7 Å². The van der Waals surface area contributed by atoms with E-state index in [2.05, 4.69) is 15.5 Å². The highest BCUT2D eigenvalue weighted by Crippen LogP contribution is 2.15. The molecule has 1 heterocycles. The Kier molecular flexibility index (Phi) is 4.17. The van der Waals surface area contributed by atoms with Gasteiger partial charge in [0.2, 0.25) is 15.9 Å². The first-order valence-electron chi connectivity index (χ1n) is 6.01. The van der Waals surface area contributed by atoms with Crippen LogP contribution in [0.3, 0.4) is 0 Å². The first-order chi connectivity index (χ1) is 9.36. The molecule has 0 saturated heterocycles. The molecule has 0 radical (unpaired) electrons. The second-order valence-electron chi connectivity index (χ2n) is 4.45. The number of sulfonamides is 1. The van der Waals surface area contributed by atoms with Gasteiger partial charge >= 0.3 is 0 Å². The minimum Gasteiger partial charge on any atom is -0.340 e. The summed E-state index contributed by atoms with van der Waals surface area (Å²) in [6.07, 6.45) is 0. The number of hydrogen-bond acceptors (Lipinski definition) is 6. The van der Waals surface area contributed by atoms with Gasteiger partial charge < -0.3 is 9.84 Å². The summed E-state index contributed by atoms with van der Waals surface area (Å²) in [5.41, 5.74) is 0.942. The molecule has 7 nitrogen and oxygen atoms in total. The van der Waals surface area contributed by atoms with Crippen LogP contribution < -0.4 is 10.5 Å². The van der Waals surface area contributed by atoms with Crippen molar-refractivity contribution in [2.24, 2.45) is 5.14 Å². The van der Waals surface area contributed by atoms with Crippen molar-refractivity contribution in [3.8, 4) is 0 Å². The maximum absolute atomic E-state index is 11.2. The Morgan fingerprint density at radius 3 is 2.50 bits per heavy atom. The Bertz CT molecular complexity index is 679. The minimum absolute atomic E-state index is 0.0170. The van der Waals surface area contributed by atoms with Gasteiger partial charge in [0.05, 0.1) is 11.4 Å². The predicted octanol–water partition coefficient (Wildman–Crippen LogP) is 0.876. The van der Waals surface area contributed by atoms with Crippen LogP contribution in [-0.4, -0.2) is 18.6 Å². The second-order valence-corrected chi connectivity index (χ2v) is 6.01. The van der Waals surface area contributed by atoms with E-state index in [9.17, 15) is 8.42 Å². The minimum atomic E-state index is -3.65. The summed E-state index contributed by atoms with van der Waals surface area (Å²) in [4.78, 5) is 4.19. The fourth-order valence-electron chi connectivity index (χ4n) is 1.72. The highest BCUT2D eigenvalue weighted by Gasteiger charge is 2.10. The molecule has 8 heteroatoms. The Hall–Kier alpha value is -1.77. The zero-order valence-corrected chi connectivity index (χ0v) is 12.0. The van der Waals surface area contributed by atoms with E-state index < -0.39 is 10.0 Å². The maximum Gasteiger partial charge on any atom is 0.238 e. The number of nitrogens with one attached hydrogen (secondary N) is 1. The molecule has 0 fully saturated rings. The van der Waals surface area contributed by atoms with Crippen LogP contribution in [0.1, 0.15) is 30.2 Å². The number of nitrogens with two attached hydrogens (primary N) is 1. The van der Waals surface area contributed by atoms with E-state index in [-0.39, 0.29) is 10.9 Å². The lowest BCUT2D eigenvalue weighted by atomic mass is 10.1. The third-order valence-corrected chi connectivity index (χ3v) is 3.77. The smallest absolute Gasteiger partial charge is 0.238 e. The van der Waals surface area contributed by atoms with Gasteiger partial charge in [-0.05, 0) is 24.6 Å². The van der Waals surface area contributed by atoms with Crippen molar-refractivity contribution >= 4 is 10.0 Å². The molecule has 20 heavy (non-hydrogen) atoms. The van der Waals surface area contributed by atoms with Gasteiger partial charge in [-0.3, -0.25) is 0 Å². The average molecular weight is 296 g/mol. The molecule has 2 aromatic rings. The number of nitrogens with zero attached hydrogens (tertiary/aromatic N) is 2. The van der Waals surface area contributed by atoms with Gasteiger partial charge in [-0.15, -0.1) is 0 Å². The monoisotopic (exact) mass is 296 g/mol. The lowest BCUT2D eigenvalue weighted by molar-refractivity contribution is 0.384. The SMILES string of the molecule is Cc1nc(CNC(C)c2ccc(S(N)(=O)=O)cc2)no1. The normalized spacial score (nSPS) is 13.3. The van der Waals surface area contributed by atoms with Crippen molar-refractivity contribution in [1.29, 1.82) is 0 Å². The van der Waals surface area contributed by atoms with E-state index in [1.807, 2.05) is 6.92 Å². The van der Waals surface area contributed by atoms with Crippen LogP contribution >= 0.6 is 0 Å². The molecule has 1 unspecified atom stereocenters. The lowest BCUT2D eigenvalue weighted by Gasteiger charge is -2.13. The molecule has 3 N–H and O–H groups in total. The van der Waals surface area contributed by atoms with E-state index in [0.717, 1.165) is 5.56 Å². The highest BCUT2D eigenvalue weighted by molar-refractivity contribution is 7.89. The van der Waals surface area contributed by atoms with Crippen molar-refractivity contribution in [2.75, 3.05) is 0 Å². The van der Waals surface area contributed by atoms with Crippen molar-refractivity contribution < 1.29 is 12.9 Å². The van der Waals surface area contributed by atoms with Gasteiger partial charge in [-0.25, -0.2) is 13.6 Å². The van der Waals surface area contributed by atoms with E-state index >= 15 is 0 Å². The number of aryl methyl sites for hydroxylation is 1. The van der Waals surface area contributed by atoms with Crippen LogP contribution in [0.25, 0.3) is 0 Å². The molecule has 0 bridgehead atoms. The van der Waals surface area contributed by atoms with Crippen LogP contribution in [0.5, 0.6) is 0 Å². The summed E-state index contributed by atoms with van der Waals surface area (Å²) in [6.45, 7) is 4.15. The lowest BCUT2D eigenvalue weighted by Crippen LogP contribution is -2.19. The second kappa shape index (κ2) is 5.70. The van der Waals surface area contributed by atoms with Gasteiger partial charge in [0.15, 0.2) is 5.82 Å². The summed E-state index contributed by atoms with van der Waals surface area (Å²) in [5, 5.41) is 12.1.